The van der Waals surface area contributed by atoms with Crippen molar-refractivity contribution >= 4 is 17.7 Å². The zero-order valence-electron chi connectivity index (χ0n) is 22.3. The molecular formula is C28H34F3N6O2+. The van der Waals surface area contributed by atoms with Crippen molar-refractivity contribution in [2.75, 3.05) is 26.7 Å². The number of halogens is 3. The first-order valence-corrected chi connectivity index (χ1v) is 13.1. The Balaban J connectivity index is 1.60. The minimum absolute atomic E-state index is 0.00678. The molecule has 2 fully saturated rings. The van der Waals surface area contributed by atoms with Gasteiger partial charge in [-0.2, -0.15) is 18.6 Å². The van der Waals surface area contributed by atoms with Gasteiger partial charge in [0.15, 0.2) is 0 Å². The molecule has 1 aromatic carbocycles. The number of alkyl halides is 3. The highest BCUT2D eigenvalue weighted by Gasteiger charge is 2.49. The van der Waals surface area contributed by atoms with Gasteiger partial charge in [-0.3, -0.25) is 13.9 Å². The van der Waals surface area contributed by atoms with Crippen molar-refractivity contribution in [1.29, 1.82) is 5.41 Å². The number of hydrogen-bond donors (Lipinski definition) is 2. The van der Waals surface area contributed by atoms with Crippen LogP contribution in [0.2, 0.25) is 0 Å². The summed E-state index contributed by atoms with van der Waals surface area (Å²) in [6, 6.07) is 8.38. The third-order valence-corrected chi connectivity index (χ3v) is 8.00. The zero-order valence-corrected chi connectivity index (χ0v) is 22.3. The van der Waals surface area contributed by atoms with Gasteiger partial charge in [0.1, 0.15) is 0 Å². The zero-order chi connectivity index (χ0) is 28.1. The van der Waals surface area contributed by atoms with E-state index in [0.29, 0.717) is 42.7 Å². The molecule has 3 aromatic rings. The van der Waals surface area contributed by atoms with E-state index in [1.165, 1.54) is 17.0 Å². The molecule has 11 heteroatoms. The summed E-state index contributed by atoms with van der Waals surface area (Å²) in [6.45, 7) is 6.07. The summed E-state index contributed by atoms with van der Waals surface area (Å²) in [4.78, 5) is 15.6. The molecule has 0 spiro atoms. The first kappa shape index (κ1) is 27.1. The maximum absolute atomic E-state index is 14.2. The Morgan fingerprint density at radius 2 is 2.00 bits per heavy atom. The molecule has 1 aliphatic heterocycles. The first-order valence-electron chi connectivity index (χ1n) is 13.1. The average Bonchev–Trinajstić information content (AvgIpc) is 3.21. The number of nitrogens with two attached hydrogens (primary N) is 1. The lowest BCUT2D eigenvalue weighted by atomic mass is 9.58. The van der Waals surface area contributed by atoms with Crippen molar-refractivity contribution in [2.24, 2.45) is 11.7 Å². The second-order valence-corrected chi connectivity index (χ2v) is 11.0. The summed E-state index contributed by atoms with van der Waals surface area (Å²) >= 11 is 0. The number of rotatable bonds is 6. The molecule has 1 atom stereocenters. The minimum atomic E-state index is -4.63. The van der Waals surface area contributed by atoms with Gasteiger partial charge in [-0.15, -0.1) is 0 Å². The molecule has 1 aliphatic carbocycles. The summed E-state index contributed by atoms with van der Waals surface area (Å²) in [5.41, 5.74) is 6.11. The van der Waals surface area contributed by atoms with Crippen molar-refractivity contribution in [3.8, 4) is 5.69 Å². The molecule has 0 unspecified atom stereocenters. The Labute approximate surface area is 224 Å². The standard InChI is InChI=1S/C28H33F3N6O2/c1-18-11-27(12-18,25(33)34(3)17-32)21-5-4-6-22(10-21)36-16-24-23(28(29,30)31)9-20(15-37(24)26(36)38)14-35-7-8-39-19(2)13-35/h4-6,9-10,15-19,32-33H,7-8,11-14H2,1-3H3/p+1/t18?,19-,27?/m1/s1. The molecule has 1 saturated carbocycles. The topological polar surface area (TPSA) is 91.8 Å². The smallest absolute Gasteiger partial charge is 0.376 e. The van der Waals surface area contributed by atoms with Crippen LogP contribution >= 0.6 is 0 Å². The second kappa shape index (κ2) is 9.95. The number of fused-ring (bicyclic) bond motifs is 1. The Hall–Kier alpha value is -3.44. The fourth-order valence-corrected chi connectivity index (χ4v) is 6.12. The van der Waals surface area contributed by atoms with E-state index in [2.05, 4.69) is 6.92 Å². The van der Waals surface area contributed by atoms with Gasteiger partial charge in [0.05, 0.1) is 41.9 Å². The number of aromatic nitrogens is 2. The van der Waals surface area contributed by atoms with Gasteiger partial charge in [0.25, 0.3) is 0 Å². The molecule has 3 heterocycles. The predicted octanol–water partition coefficient (Wildman–Crippen LogP) is 3.60. The monoisotopic (exact) mass is 543 g/mol. The van der Waals surface area contributed by atoms with Crippen LogP contribution in [0.25, 0.3) is 11.2 Å². The lowest BCUT2D eigenvalue weighted by molar-refractivity contribution is -0.368. The molecule has 0 amide bonds. The van der Waals surface area contributed by atoms with Crippen LogP contribution in [0.3, 0.4) is 0 Å². The van der Waals surface area contributed by atoms with Crippen LogP contribution in [0.15, 0.2) is 47.5 Å². The van der Waals surface area contributed by atoms with Gasteiger partial charge < -0.3 is 10.5 Å². The lowest BCUT2D eigenvalue weighted by Gasteiger charge is -2.45. The lowest BCUT2D eigenvalue weighted by Crippen LogP contribution is -2.54. The Morgan fingerprint density at radius 1 is 1.26 bits per heavy atom. The Morgan fingerprint density at radius 3 is 2.64 bits per heavy atom. The number of nitrogens with zero attached hydrogens (tertiary/aromatic N) is 4. The van der Waals surface area contributed by atoms with Crippen LogP contribution < -0.4 is 11.4 Å². The van der Waals surface area contributed by atoms with Crippen molar-refractivity contribution in [3.63, 3.8) is 0 Å². The highest BCUT2D eigenvalue weighted by atomic mass is 19.4. The van der Waals surface area contributed by atoms with Crippen LogP contribution in [-0.4, -0.2) is 63.5 Å². The van der Waals surface area contributed by atoms with Gasteiger partial charge in [-0.25, -0.2) is 9.37 Å². The quantitative estimate of drug-likeness (QED) is 0.282. The molecule has 1 saturated heterocycles. The number of imidazole rings is 1. The van der Waals surface area contributed by atoms with Gasteiger partial charge >= 0.3 is 11.9 Å². The SMILES string of the molecule is CC1CC(C(N)=[N+](C)C=N)(c2cccc(-n3cc4c(C(F)(F)F)cc(CN5CCO[C@H](C)C5)cn4c3=O)c2)C1. The molecule has 3 N–H and O–H groups in total. The molecule has 2 aliphatic rings. The number of ether oxygens (including phenoxy) is 1. The average molecular weight is 544 g/mol. The Kier molecular flexibility index (Phi) is 6.92. The molecule has 2 aromatic heterocycles. The second-order valence-electron chi connectivity index (χ2n) is 11.0. The third kappa shape index (κ3) is 4.89. The highest BCUT2D eigenvalue weighted by molar-refractivity contribution is 5.90. The summed E-state index contributed by atoms with van der Waals surface area (Å²) in [7, 11) is 1.72. The van der Waals surface area contributed by atoms with E-state index in [4.69, 9.17) is 15.9 Å². The third-order valence-electron chi connectivity index (χ3n) is 8.00. The molecule has 8 nitrogen and oxygen atoms in total. The fraction of sp³-hybridized carbons (Fsp3) is 0.464. The first-order chi connectivity index (χ1) is 18.4. The minimum Gasteiger partial charge on any atom is -0.376 e. The van der Waals surface area contributed by atoms with Crippen molar-refractivity contribution in [3.05, 3.63) is 69.9 Å². The van der Waals surface area contributed by atoms with E-state index in [9.17, 15) is 18.0 Å². The molecular weight excluding hydrogens is 509 g/mol. The maximum atomic E-state index is 14.2. The molecule has 0 radical (unpaired) electrons. The van der Waals surface area contributed by atoms with E-state index in [0.717, 1.165) is 35.2 Å². The van der Waals surface area contributed by atoms with E-state index < -0.39 is 22.8 Å². The van der Waals surface area contributed by atoms with Gasteiger partial charge in [0.2, 0.25) is 12.2 Å². The fourth-order valence-electron chi connectivity index (χ4n) is 6.12. The highest BCUT2D eigenvalue weighted by Crippen LogP contribution is 2.48. The van der Waals surface area contributed by atoms with Crippen LogP contribution in [0.4, 0.5) is 13.2 Å². The van der Waals surface area contributed by atoms with Gasteiger partial charge in [-0.1, -0.05) is 19.1 Å². The van der Waals surface area contributed by atoms with Crippen molar-refractivity contribution < 1.29 is 22.5 Å². The predicted molar refractivity (Wildman–Crippen MR) is 143 cm³/mol. The summed E-state index contributed by atoms with van der Waals surface area (Å²) in [5, 5.41) is 7.63. The normalized spacial score (nSPS) is 24.9. The number of hydrogen-bond acceptors (Lipinski definition) is 4. The van der Waals surface area contributed by atoms with Gasteiger partial charge in [-0.05, 0) is 55.0 Å². The number of morpholine rings is 1. The van der Waals surface area contributed by atoms with Gasteiger partial charge in [0, 0.05) is 32.0 Å². The van der Waals surface area contributed by atoms with E-state index in [1.54, 1.807) is 23.8 Å². The van der Waals surface area contributed by atoms with E-state index in [1.807, 2.05) is 24.0 Å². The van der Waals surface area contributed by atoms with Crippen LogP contribution in [0.5, 0.6) is 0 Å². The van der Waals surface area contributed by atoms with Crippen LogP contribution in [0, 0.1) is 11.3 Å². The Bertz CT molecular complexity index is 1500. The van der Waals surface area contributed by atoms with E-state index >= 15 is 0 Å². The largest absolute Gasteiger partial charge is 0.418 e. The van der Waals surface area contributed by atoms with E-state index in [-0.39, 0.29) is 18.2 Å². The number of pyridine rings is 1. The summed E-state index contributed by atoms with van der Waals surface area (Å²) < 4.78 is 52.1. The number of benzene rings is 1. The summed E-state index contributed by atoms with van der Waals surface area (Å²) in [5.74, 6) is 0.955. The molecule has 39 heavy (non-hydrogen) atoms. The van der Waals surface area contributed by atoms with Crippen LogP contribution in [-0.2, 0) is 22.9 Å². The molecule has 5 rings (SSSR count). The maximum Gasteiger partial charge on any atom is 0.418 e. The van der Waals surface area contributed by atoms with Crippen molar-refractivity contribution in [2.45, 2.75) is 50.9 Å². The van der Waals surface area contributed by atoms with Crippen LogP contribution in [0.1, 0.15) is 43.4 Å². The summed E-state index contributed by atoms with van der Waals surface area (Å²) in [6.07, 6.45) is 0.831. The van der Waals surface area contributed by atoms with Crippen molar-refractivity contribution in [1.82, 2.24) is 13.9 Å². The number of amidine groups is 1. The molecule has 0 bridgehead atoms. The molecule has 208 valence electrons. The number of nitrogens with one attached hydrogen (secondary N) is 1.